The van der Waals surface area contributed by atoms with Gasteiger partial charge >= 0.3 is 6.18 Å². The summed E-state index contributed by atoms with van der Waals surface area (Å²) in [6.45, 7) is 1.12. The number of piperidine rings is 1. The maximum absolute atomic E-state index is 12.9. The van der Waals surface area contributed by atoms with E-state index < -0.39 is 26.5 Å². The zero-order valence-corrected chi connectivity index (χ0v) is 17.3. The molecule has 1 saturated heterocycles. The van der Waals surface area contributed by atoms with Gasteiger partial charge in [0.15, 0.2) is 0 Å². The molecule has 0 bridgehead atoms. The van der Waals surface area contributed by atoms with Gasteiger partial charge in [0.25, 0.3) is 0 Å². The Hall–Kier alpha value is -2.39. The number of carbonyl (C=O) groups excluding carboxylic acids is 1. The Kier molecular flexibility index (Phi) is 6.52. The molecule has 1 unspecified atom stereocenters. The topological polar surface area (TPSA) is 66.5 Å². The normalized spacial score (nSPS) is 18.2. The Morgan fingerprint density at radius 3 is 2.43 bits per heavy atom. The summed E-state index contributed by atoms with van der Waals surface area (Å²) in [5, 5.41) is 2.86. The zero-order chi connectivity index (χ0) is 21.9. The van der Waals surface area contributed by atoms with Crippen molar-refractivity contribution in [1.82, 2.24) is 10.2 Å². The van der Waals surface area contributed by atoms with Crippen LogP contribution in [0.4, 0.5) is 13.2 Å². The third-order valence-electron chi connectivity index (χ3n) is 5.25. The highest BCUT2D eigenvalue weighted by molar-refractivity contribution is 7.91. The lowest BCUT2D eigenvalue weighted by Gasteiger charge is -2.31. The van der Waals surface area contributed by atoms with Crippen molar-refractivity contribution in [2.24, 2.45) is 0 Å². The van der Waals surface area contributed by atoms with Gasteiger partial charge in [-0.2, -0.15) is 13.2 Å². The number of sulfone groups is 1. The number of amides is 1. The van der Waals surface area contributed by atoms with E-state index >= 15 is 0 Å². The Morgan fingerprint density at radius 1 is 1.10 bits per heavy atom. The van der Waals surface area contributed by atoms with Crippen molar-refractivity contribution in [2.75, 3.05) is 13.6 Å². The molecule has 1 atom stereocenters. The first-order chi connectivity index (χ1) is 14.1. The third-order valence-corrected chi connectivity index (χ3v) is 7.01. The summed E-state index contributed by atoms with van der Waals surface area (Å²) < 4.78 is 64.0. The highest BCUT2D eigenvalue weighted by Crippen LogP contribution is 2.32. The number of likely N-dealkylation sites (tertiary alicyclic amines) is 1. The van der Waals surface area contributed by atoms with E-state index in [0.717, 1.165) is 44.0 Å². The molecule has 1 N–H and O–H groups in total. The van der Waals surface area contributed by atoms with E-state index in [1.165, 1.54) is 12.1 Å². The highest BCUT2D eigenvalue weighted by atomic mass is 32.2. The van der Waals surface area contributed by atoms with Crippen LogP contribution in [0.5, 0.6) is 0 Å². The first-order valence-corrected chi connectivity index (χ1v) is 11.1. The highest BCUT2D eigenvalue weighted by Gasteiger charge is 2.32. The van der Waals surface area contributed by atoms with Crippen LogP contribution in [-0.2, 0) is 27.4 Å². The van der Waals surface area contributed by atoms with Gasteiger partial charge in [-0.3, -0.25) is 9.69 Å². The predicted octanol–water partition coefficient (Wildman–Crippen LogP) is 3.64. The summed E-state index contributed by atoms with van der Waals surface area (Å²) in [5.41, 5.74) is -0.319. The summed E-state index contributed by atoms with van der Waals surface area (Å²) in [4.78, 5) is 13.9. The summed E-state index contributed by atoms with van der Waals surface area (Å²) in [6.07, 6.45) is -1.75. The van der Waals surface area contributed by atoms with Crippen molar-refractivity contribution in [1.29, 1.82) is 0 Å². The van der Waals surface area contributed by atoms with Crippen LogP contribution in [0.25, 0.3) is 0 Å². The van der Waals surface area contributed by atoms with Crippen LogP contribution in [0, 0.1) is 0 Å². The quantitative estimate of drug-likeness (QED) is 0.771. The first-order valence-electron chi connectivity index (χ1n) is 9.58. The van der Waals surface area contributed by atoms with Gasteiger partial charge in [-0.1, -0.05) is 24.6 Å². The zero-order valence-electron chi connectivity index (χ0n) is 16.4. The van der Waals surface area contributed by atoms with E-state index in [0.29, 0.717) is 11.6 Å². The molecule has 0 aliphatic carbocycles. The van der Waals surface area contributed by atoms with Crippen molar-refractivity contribution >= 4 is 15.7 Å². The number of benzene rings is 2. The van der Waals surface area contributed by atoms with Gasteiger partial charge in [0.05, 0.1) is 21.4 Å². The van der Waals surface area contributed by atoms with Gasteiger partial charge in [-0.15, -0.1) is 0 Å². The number of nitrogens with zero attached hydrogens (tertiary/aromatic N) is 1. The molecule has 3 rings (SSSR count). The molecule has 0 radical (unpaired) electrons. The van der Waals surface area contributed by atoms with Gasteiger partial charge < -0.3 is 5.32 Å². The molecule has 1 heterocycles. The molecule has 0 spiro atoms. The van der Waals surface area contributed by atoms with Gasteiger partial charge in [-0.05, 0) is 62.3 Å². The molecule has 2 aromatic rings. The minimum atomic E-state index is -4.63. The molecular formula is C21H23F3N2O3S. The Balaban J connectivity index is 1.70. The monoisotopic (exact) mass is 440 g/mol. The van der Waals surface area contributed by atoms with Gasteiger partial charge in [-0.25, -0.2) is 8.42 Å². The molecule has 1 amide bonds. The van der Waals surface area contributed by atoms with Gasteiger partial charge in [0.2, 0.25) is 15.7 Å². The molecule has 9 heteroatoms. The van der Waals surface area contributed by atoms with Crippen molar-refractivity contribution in [3.8, 4) is 0 Å². The standard InChI is InChI=1S/C21H23F3N2O3S/c1-26-12-3-2-7-19(26)20(27)25-14-15-8-10-17(11-9-15)30(28,29)18-6-4-5-16(13-18)21(22,23)24/h4-6,8-11,13,19H,2-3,7,12,14H2,1H3,(H,25,27). The average molecular weight is 440 g/mol. The predicted molar refractivity (Wildman–Crippen MR) is 105 cm³/mol. The Bertz CT molecular complexity index is 1000. The van der Waals surface area contributed by atoms with Crippen LogP contribution in [0.15, 0.2) is 58.3 Å². The molecule has 30 heavy (non-hydrogen) atoms. The van der Waals surface area contributed by atoms with E-state index in [1.54, 1.807) is 12.1 Å². The summed E-state index contributed by atoms with van der Waals surface area (Å²) in [6, 6.07) is 9.27. The Morgan fingerprint density at radius 2 is 1.80 bits per heavy atom. The second kappa shape index (κ2) is 8.77. The molecule has 1 aliphatic heterocycles. The molecule has 2 aromatic carbocycles. The minimum Gasteiger partial charge on any atom is -0.351 e. The van der Waals surface area contributed by atoms with Crippen molar-refractivity contribution < 1.29 is 26.4 Å². The van der Waals surface area contributed by atoms with E-state index in [9.17, 15) is 26.4 Å². The van der Waals surface area contributed by atoms with Crippen LogP contribution < -0.4 is 5.32 Å². The number of hydrogen-bond acceptors (Lipinski definition) is 4. The number of likely N-dealkylation sites (N-methyl/N-ethyl adjacent to an activating group) is 1. The maximum atomic E-state index is 12.9. The third kappa shape index (κ3) is 5.02. The van der Waals surface area contributed by atoms with Crippen molar-refractivity contribution in [2.45, 2.75) is 47.8 Å². The number of nitrogens with one attached hydrogen (secondary N) is 1. The van der Waals surface area contributed by atoms with Crippen LogP contribution in [-0.4, -0.2) is 38.9 Å². The summed E-state index contributed by atoms with van der Waals surface area (Å²) >= 11 is 0. The number of hydrogen-bond donors (Lipinski definition) is 1. The minimum absolute atomic E-state index is 0.0714. The maximum Gasteiger partial charge on any atom is 0.416 e. The van der Waals surface area contributed by atoms with Crippen molar-refractivity contribution in [3.05, 3.63) is 59.7 Å². The van der Waals surface area contributed by atoms with Crippen LogP contribution in [0.3, 0.4) is 0 Å². The smallest absolute Gasteiger partial charge is 0.351 e. The fraction of sp³-hybridized carbons (Fsp3) is 0.381. The van der Waals surface area contributed by atoms with E-state index in [2.05, 4.69) is 5.32 Å². The summed E-state index contributed by atoms with van der Waals surface area (Å²) in [5.74, 6) is -0.0714. The second-order valence-corrected chi connectivity index (χ2v) is 9.33. The molecule has 5 nitrogen and oxygen atoms in total. The van der Waals surface area contributed by atoms with Crippen LogP contribution in [0.1, 0.15) is 30.4 Å². The number of rotatable bonds is 5. The molecule has 0 aromatic heterocycles. The number of halogens is 3. The van der Waals surface area contributed by atoms with Gasteiger partial charge in [0, 0.05) is 6.54 Å². The van der Waals surface area contributed by atoms with Crippen LogP contribution in [0.2, 0.25) is 0 Å². The molecule has 1 fully saturated rings. The van der Waals surface area contributed by atoms with Crippen LogP contribution >= 0.6 is 0 Å². The van der Waals surface area contributed by atoms with E-state index in [-0.39, 0.29) is 23.4 Å². The molecular weight excluding hydrogens is 417 g/mol. The first kappa shape index (κ1) is 22.3. The lowest BCUT2D eigenvalue weighted by atomic mass is 10.0. The fourth-order valence-electron chi connectivity index (χ4n) is 3.48. The number of alkyl halides is 3. The van der Waals surface area contributed by atoms with Gasteiger partial charge in [0.1, 0.15) is 0 Å². The molecule has 162 valence electrons. The Labute approximate surface area is 173 Å². The largest absolute Gasteiger partial charge is 0.416 e. The average Bonchev–Trinajstić information content (AvgIpc) is 2.72. The van der Waals surface area contributed by atoms with Crippen molar-refractivity contribution in [3.63, 3.8) is 0 Å². The van der Waals surface area contributed by atoms with E-state index in [1.807, 2.05) is 11.9 Å². The molecule has 0 saturated carbocycles. The fourth-order valence-corrected chi connectivity index (χ4v) is 4.78. The van der Waals surface area contributed by atoms with E-state index in [4.69, 9.17) is 0 Å². The second-order valence-electron chi connectivity index (χ2n) is 7.38. The lowest BCUT2D eigenvalue weighted by Crippen LogP contribution is -2.47. The SMILES string of the molecule is CN1CCCCC1C(=O)NCc1ccc(S(=O)(=O)c2cccc(C(F)(F)F)c2)cc1. The molecule has 1 aliphatic rings. The lowest BCUT2D eigenvalue weighted by molar-refractivity contribution is -0.137. The number of carbonyl (C=O) groups is 1. The summed E-state index contributed by atoms with van der Waals surface area (Å²) in [7, 11) is -2.17.